The van der Waals surface area contributed by atoms with E-state index >= 15 is 0 Å². The molecule has 2 unspecified atom stereocenters. The highest BCUT2D eigenvalue weighted by Gasteiger charge is 2.21. The number of carbonyl (C=O) groups excluding carboxylic acids is 1. The van der Waals surface area contributed by atoms with Gasteiger partial charge in [0.1, 0.15) is 0 Å². The summed E-state index contributed by atoms with van der Waals surface area (Å²) in [4.78, 5) is 13.9. The molecule has 0 bridgehead atoms. The highest BCUT2D eigenvalue weighted by Crippen LogP contribution is 2.17. The van der Waals surface area contributed by atoms with E-state index in [9.17, 15) is 4.79 Å². The first kappa shape index (κ1) is 12.5. The Hall–Kier alpha value is -0.570. The van der Waals surface area contributed by atoms with Crippen LogP contribution >= 0.6 is 0 Å². The lowest BCUT2D eigenvalue weighted by molar-refractivity contribution is -0.133. The molecule has 1 aliphatic heterocycles. The number of amides is 1. The Morgan fingerprint density at radius 1 is 1.47 bits per heavy atom. The summed E-state index contributed by atoms with van der Waals surface area (Å²) < 4.78 is 0. The van der Waals surface area contributed by atoms with Crippen LogP contribution in [0.4, 0.5) is 0 Å². The van der Waals surface area contributed by atoms with E-state index < -0.39 is 0 Å². The summed E-state index contributed by atoms with van der Waals surface area (Å²) in [6.45, 7) is 4.77. The Kier molecular flexibility index (Phi) is 5.09. The molecule has 15 heavy (non-hydrogen) atoms. The van der Waals surface area contributed by atoms with Gasteiger partial charge in [0.2, 0.25) is 5.91 Å². The molecular weight excluding hydrogens is 190 g/mol. The highest BCUT2D eigenvalue weighted by molar-refractivity contribution is 5.76. The second-order valence-electron chi connectivity index (χ2n) is 4.67. The smallest absolute Gasteiger partial charge is 0.222 e. The predicted octanol–water partition coefficient (Wildman–Crippen LogP) is 1.94. The van der Waals surface area contributed by atoms with Crippen LogP contribution in [-0.4, -0.2) is 34.6 Å². The second-order valence-corrected chi connectivity index (χ2v) is 4.67. The first-order valence-corrected chi connectivity index (χ1v) is 6.09. The molecule has 1 aliphatic rings. The van der Waals surface area contributed by atoms with Gasteiger partial charge in [-0.15, -0.1) is 0 Å². The van der Waals surface area contributed by atoms with Crippen LogP contribution in [0.3, 0.4) is 0 Å². The minimum absolute atomic E-state index is 0.213. The Morgan fingerprint density at radius 3 is 2.87 bits per heavy atom. The van der Waals surface area contributed by atoms with Gasteiger partial charge in [-0.3, -0.25) is 4.79 Å². The molecule has 0 aromatic rings. The van der Waals surface area contributed by atoms with Gasteiger partial charge in [0.15, 0.2) is 0 Å². The second kappa shape index (κ2) is 6.11. The summed E-state index contributed by atoms with van der Waals surface area (Å²) in [6, 6.07) is 0.383. The molecule has 0 aromatic heterocycles. The summed E-state index contributed by atoms with van der Waals surface area (Å²) >= 11 is 0. The zero-order chi connectivity index (χ0) is 11.3. The average Bonchev–Trinajstić information content (AvgIpc) is 2.39. The molecule has 1 saturated heterocycles. The van der Waals surface area contributed by atoms with Crippen LogP contribution in [0.1, 0.15) is 52.4 Å². The van der Waals surface area contributed by atoms with Gasteiger partial charge in [0, 0.05) is 19.0 Å². The third kappa shape index (κ3) is 4.20. The summed E-state index contributed by atoms with van der Waals surface area (Å²) in [5, 5.41) is 9.15. The van der Waals surface area contributed by atoms with Crippen LogP contribution in [0.25, 0.3) is 0 Å². The normalized spacial score (nSPS) is 24.7. The molecule has 0 aliphatic carbocycles. The molecule has 1 fully saturated rings. The van der Waals surface area contributed by atoms with Crippen LogP contribution in [0.5, 0.6) is 0 Å². The minimum atomic E-state index is -0.365. The summed E-state index contributed by atoms with van der Waals surface area (Å²) in [7, 11) is 0. The van der Waals surface area contributed by atoms with Crippen molar-refractivity contribution in [3.05, 3.63) is 0 Å². The lowest BCUT2D eigenvalue weighted by Gasteiger charge is -2.27. The Balaban J connectivity index is 2.41. The van der Waals surface area contributed by atoms with Crippen LogP contribution in [0.2, 0.25) is 0 Å². The van der Waals surface area contributed by atoms with Crippen LogP contribution in [0.15, 0.2) is 0 Å². The van der Waals surface area contributed by atoms with E-state index in [4.69, 9.17) is 5.11 Å². The Labute approximate surface area is 92.5 Å². The zero-order valence-corrected chi connectivity index (χ0v) is 9.91. The number of nitrogens with zero attached hydrogens (tertiary/aromatic N) is 1. The molecule has 2 atom stereocenters. The molecule has 0 radical (unpaired) electrons. The fourth-order valence-corrected chi connectivity index (χ4v) is 2.12. The molecule has 88 valence electrons. The number of aliphatic hydroxyl groups is 1. The predicted molar refractivity (Wildman–Crippen MR) is 60.6 cm³/mol. The number of aliphatic hydroxyl groups excluding tert-OH is 1. The van der Waals surface area contributed by atoms with Gasteiger partial charge in [-0.05, 0) is 33.1 Å². The molecule has 1 N–H and O–H groups in total. The molecule has 1 rings (SSSR count). The quantitative estimate of drug-likeness (QED) is 0.778. The standard InChI is InChI=1S/C12H23NO2/c1-10-6-4-3-5-9-13(10)12(15)8-7-11(2)14/h10-11,14H,3-9H2,1-2H3. The zero-order valence-electron chi connectivity index (χ0n) is 9.91. The van der Waals surface area contributed by atoms with Crippen molar-refractivity contribution in [1.29, 1.82) is 0 Å². The average molecular weight is 213 g/mol. The number of hydrogen-bond donors (Lipinski definition) is 1. The number of carbonyl (C=O) groups is 1. The first-order chi connectivity index (χ1) is 7.11. The van der Waals surface area contributed by atoms with Crippen molar-refractivity contribution >= 4 is 5.91 Å². The molecule has 0 saturated carbocycles. The van der Waals surface area contributed by atoms with Gasteiger partial charge in [-0.1, -0.05) is 12.8 Å². The maximum atomic E-state index is 11.9. The summed E-state index contributed by atoms with van der Waals surface area (Å²) in [5.41, 5.74) is 0. The lowest BCUT2D eigenvalue weighted by Crippen LogP contribution is -2.38. The Bertz CT molecular complexity index is 204. The molecule has 3 heteroatoms. The van der Waals surface area contributed by atoms with Crippen LogP contribution in [0, 0.1) is 0 Å². The highest BCUT2D eigenvalue weighted by atomic mass is 16.3. The van der Waals surface area contributed by atoms with E-state index in [1.807, 2.05) is 4.90 Å². The van der Waals surface area contributed by atoms with Crippen molar-refractivity contribution in [2.75, 3.05) is 6.54 Å². The van der Waals surface area contributed by atoms with E-state index in [2.05, 4.69) is 6.92 Å². The largest absolute Gasteiger partial charge is 0.393 e. The molecule has 1 heterocycles. The molecule has 0 aromatic carbocycles. The third-order valence-corrected chi connectivity index (χ3v) is 3.15. The summed E-state index contributed by atoms with van der Waals surface area (Å²) in [5.74, 6) is 0.213. The monoisotopic (exact) mass is 213 g/mol. The molecular formula is C12H23NO2. The minimum Gasteiger partial charge on any atom is -0.393 e. The van der Waals surface area contributed by atoms with Crippen LogP contribution < -0.4 is 0 Å². The summed E-state index contributed by atoms with van der Waals surface area (Å²) in [6.07, 6.45) is 5.44. The molecule has 1 amide bonds. The van der Waals surface area contributed by atoms with E-state index in [0.29, 0.717) is 18.9 Å². The fraction of sp³-hybridized carbons (Fsp3) is 0.917. The van der Waals surface area contributed by atoms with Crippen molar-refractivity contribution in [1.82, 2.24) is 4.90 Å². The Morgan fingerprint density at radius 2 is 2.20 bits per heavy atom. The third-order valence-electron chi connectivity index (χ3n) is 3.15. The first-order valence-electron chi connectivity index (χ1n) is 6.09. The van der Waals surface area contributed by atoms with Gasteiger partial charge in [0.05, 0.1) is 6.10 Å². The number of rotatable bonds is 3. The van der Waals surface area contributed by atoms with Crippen molar-refractivity contribution in [2.45, 2.75) is 64.5 Å². The number of hydrogen-bond acceptors (Lipinski definition) is 2. The molecule has 3 nitrogen and oxygen atoms in total. The maximum absolute atomic E-state index is 11.9. The van der Waals surface area contributed by atoms with Crippen molar-refractivity contribution in [2.24, 2.45) is 0 Å². The van der Waals surface area contributed by atoms with Gasteiger partial charge in [-0.2, -0.15) is 0 Å². The van der Waals surface area contributed by atoms with Crippen molar-refractivity contribution in [3.8, 4) is 0 Å². The molecule has 0 spiro atoms. The van der Waals surface area contributed by atoms with Gasteiger partial charge in [-0.25, -0.2) is 0 Å². The van der Waals surface area contributed by atoms with E-state index in [1.54, 1.807) is 6.92 Å². The van der Waals surface area contributed by atoms with Crippen molar-refractivity contribution < 1.29 is 9.90 Å². The topological polar surface area (TPSA) is 40.5 Å². The van der Waals surface area contributed by atoms with E-state index in [1.165, 1.54) is 12.8 Å². The fourth-order valence-electron chi connectivity index (χ4n) is 2.12. The van der Waals surface area contributed by atoms with Crippen molar-refractivity contribution in [3.63, 3.8) is 0 Å². The van der Waals surface area contributed by atoms with Gasteiger partial charge in [0.25, 0.3) is 0 Å². The van der Waals surface area contributed by atoms with E-state index in [-0.39, 0.29) is 12.0 Å². The van der Waals surface area contributed by atoms with Crippen LogP contribution in [-0.2, 0) is 4.79 Å². The SMILES string of the molecule is CC(O)CCC(=O)N1CCCCCC1C. The van der Waals surface area contributed by atoms with Gasteiger partial charge >= 0.3 is 0 Å². The van der Waals surface area contributed by atoms with Gasteiger partial charge < -0.3 is 10.0 Å². The lowest BCUT2D eigenvalue weighted by atomic mass is 10.1. The maximum Gasteiger partial charge on any atom is 0.222 e. The van der Waals surface area contributed by atoms with E-state index in [0.717, 1.165) is 19.4 Å². The number of likely N-dealkylation sites (tertiary alicyclic amines) is 1.